The summed E-state index contributed by atoms with van der Waals surface area (Å²) in [6, 6.07) is 12.0. The fourth-order valence-corrected chi connectivity index (χ4v) is 5.31. The van der Waals surface area contributed by atoms with Crippen LogP contribution in [0.3, 0.4) is 0 Å². The Labute approximate surface area is 237 Å². The third-order valence-corrected chi connectivity index (χ3v) is 6.82. The maximum atomic E-state index is 13.5. The van der Waals surface area contributed by atoms with E-state index in [2.05, 4.69) is 15.6 Å². The van der Waals surface area contributed by atoms with Crippen LogP contribution in [0.5, 0.6) is 0 Å². The Morgan fingerprint density at radius 2 is 1.62 bits per heavy atom. The van der Waals surface area contributed by atoms with E-state index < -0.39 is 23.3 Å². The van der Waals surface area contributed by atoms with Gasteiger partial charge < -0.3 is 15.4 Å². The van der Waals surface area contributed by atoms with Gasteiger partial charge in [0.15, 0.2) is 4.96 Å². The highest BCUT2D eigenvalue weighted by molar-refractivity contribution is 7.19. The smallest absolute Gasteiger partial charge is 0.338 e. The van der Waals surface area contributed by atoms with Gasteiger partial charge >= 0.3 is 5.97 Å². The second-order valence-corrected chi connectivity index (χ2v) is 10.7. The quantitative estimate of drug-likeness (QED) is 0.241. The summed E-state index contributed by atoms with van der Waals surface area (Å²) in [5.41, 5.74) is 0.875. The van der Waals surface area contributed by atoms with E-state index in [-0.39, 0.29) is 21.6 Å². The van der Waals surface area contributed by atoms with E-state index in [1.165, 1.54) is 48.5 Å². The molecule has 9 nitrogen and oxygen atoms in total. The molecule has 2 N–H and O–H groups in total. The lowest BCUT2D eigenvalue weighted by atomic mass is 10.2. The zero-order valence-corrected chi connectivity index (χ0v) is 23.5. The third kappa shape index (κ3) is 6.65. The summed E-state index contributed by atoms with van der Waals surface area (Å²) in [6.07, 6.45) is 1.06. The number of halogens is 2. The van der Waals surface area contributed by atoms with E-state index in [4.69, 9.17) is 27.9 Å². The number of thiazole rings is 1. The molecule has 2 heterocycles. The standard InChI is InChI=1S/C27H24Cl2N4O5S/c1-4-5-19-13-21(34)33-22(24(35)30-18-8-6-15(7-9-18)26(37)38-14(2)3)23(39-27(33)32-19)25(36)31-20-11-16(28)10-17(29)12-20/h6-14H,4-5H2,1-3H3,(H,30,35)(H,31,36). The molecule has 2 aromatic carbocycles. The molecule has 0 unspecified atom stereocenters. The summed E-state index contributed by atoms with van der Waals surface area (Å²) < 4.78 is 6.30. The number of benzene rings is 2. The first-order chi connectivity index (χ1) is 18.5. The number of hydrogen-bond donors (Lipinski definition) is 2. The second-order valence-electron chi connectivity index (χ2n) is 8.83. The van der Waals surface area contributed by atoms with Gasteiger partial charge in [-0.25, -0.2) is 14.2 Å². The lowest BCUT2D eigenvalue weighted by Gasteiger charge is -2.10. The number of amides is 2. The van der Waals surface area contributed by atoms with Crippen LogP contribution in [0, 0.1) is 0 Å². The van der Waals surface area contributed by atoms with Gasteiger partial charge in [0, 0.05) is 33.2 Å². The number of nitrogens with one attached hydrogen (secondary N) is 2. The van der Waals surface area contributed by atoms with Crippen LogP contribution in [-0.2, 0) is 11.2 Å². The van der Waals surface area contributed by atoms with Crippen molar-refractivity contribution in [3.8, 4) is 0 Å². The topological polar surface area (TPSA) is 119 Å². The maximum absolute atomic E-state index is 13.5. The van der Waals surface area contributed by atoms with Crippen molar-refractivity contribution >= 4 is 68.7 Å². The second kappa shape index (κ2) is 12.0. The molecule has 202 valence electrons. The molecular formula is C27H24Cl2N4O5S. The summed E-state index contributed by atoms with van der Waals surface area (Å²) in [6.45, 7) is 5.45. The van der Waals surface area contributed by atoms with Crippen LogP contribution < -0.4 is 16.2 Å². The van der Waals surface area contributed by atoms with Crippen molar-refractivity contribution in [2.45, 2.75) is 39.7 Å². The van der Waals surface area contributed by atoms with Crippen LogP contribution in [0.2, 0.25) is 10.0 Å². The van der Waals surface area contributed by atoms with Crippen molar-refractivity contribution in [2.24, 2.45) is 0 Å². The molecular weight excluding hydrogens is 563 g/mol. The van der Waals surface area contributed by atoms with Crippen molar-refractivity contribution in [1.82, 2.24) is 9.38 Å². The van der Waals surface area contributed by atoms with Gasteiger partial charge in [-0.15, -0.1) is 0 Å². The largest absolute Gasteiger partial charge is 0.459 e. The molecule has 2 amide bonds. The number of hydrogen-bond acceptors (Lipinski definition) is 7. The minimum absolute atomic E-state index is 0.0287. The van der Waals surface area contributed by atoms with Gasteiger partial charge in [0.25, 0.3) is 17.4 Å². The van der Waals surface area contributed by atoms with Crippen molar-refractivity contribution in [3.05, 3.63) is 90.8 Å². The van der Waals surface area contributed by atoms with E-state index in [9.17, 15) is 19.2 Å². The zero-order chi connectivity index (χ0) is 28.3. The highest BCUT2D eigenvalue weighted by Crippen LogP contribution is 2.27. The molecule has 4 rings (SSSR count). The summed E-state index contributed by atoms with van der Waals surface area (Å²) >= 11 is 13.0. The van der Waals surface area contributed by atoms with Crippen LogP contribution in [-0.4, -0.2) is 33.3 Å². The normalized spacial score (nSPS) is 11.0. The first kappa shape index (κ1) is 28.3. The molecule has 0 saturated carbocycles. The molecule has 4 aromatic rings. The number of esters is 1. The van der Waals surface area contributed by atoms with Crippen LogP contribution in [0.4, 0.5) is 11.4 Å². The molecule has 0 aliphatic carbocycles. The van der Waals surface area contributed by atoms with E-state index >= 15 is 0 Å². The fourth-order valence-electron chi connectivity index (χ4n) is 3.74. The number of aromatic nitrogens is 2. The summed E-state index contributed by atoms with van der Waals surface area (Å²) in [5, 5.41) is 6.01. The molecule has 2 aromatic heterocycles. The van der Waals surface area contributed by atoms with Gasteiger partial charge in [-0.1, -0.05) is 47.9 Å². The molecule has 12 heteroatoms. The minimum Gasteiger partial charge on any atom is -0.459 e. The molecule has 0 spiro atoms. The zero-order valence-electron chi connectivity index (χ0n) is 21.2. The highest BCUT2D eigenvalue weighted by atomic mass is 35.5. The summed E-state index contributed by atoms with van der Waals surface area (Å²) in [4.78, 5) is 56.7. The predicted octanol–water partition coefficient (Wildman–Crippen LogP) is 6.09. The Kier molecular flexibility index (Phi) is 8.69. The van der Waals surface area contributed by atoms with Crippen LogP contribution in [0.15, 0.2) is 53.3 Å². The number of rotatable bonds is 8. The Hall–Kier alpha value is -3.73. The number of carbonyl (C=O) groups excluding carboxylic acids is 3. The average molecular weight is 587 g/mol. The Bertz CT molecular complexity index is 1610. The first-order valence-corrected chi connectivity index (χ1v) is 13.6. The number of aryl methyl sites for hydroxylation is 1. The lowest BCUT2D eigenvalue weighted by Crippen LogP contribution is -2.25. The monoisotopic (exact) mass is 586 g/mol. The molecule has 0 radical (unpaired) electrons. The number of fused-ring (bicyclic) bond motifs is 1. The van der Waals surface area contributed by atoms with Crippen LogP contribution >= 0.6 is 34.5 Å². The molecule has 39 heavy (non-hydrogen) atoms. The van der Waals surface area contributed by atoms with Crippen molar-refractivity contribution < 1.29 is 19.1 Å². The van der Waals surface area contributed by atoms with Gasteiger partial charge in [0.05, 0.1) is 11.7 Å². The van der Waals surface area contributed by atoms with Gasteiger partial charge in [0.2, 0.25) is 0 Å². The Morgan fingerprint density at radius 1 is 0.974 bits per heavy atom. The van der Waals surface area contributed by atoms with Crippen LogP contribution in [0.1, 0.15) is 63.4 Å². The number of nitrogens with zero attached hydrogens (tertiary/aromatic N) is 2. The van der Waals surface area contributed by atoms with Crippen molar-refractivity contribution in [1.29, 1.82) is 0 Å². The summed E-state index contributed by atoms with van der Waals surface area (Å²) in [7, 11) is 0. The molecule has 0 aliphatic rings. The lowest BCUT2D eigenvalue weighted by molar-refractivity contribution is 0.0377. The van der Waals surface area contributed by atoms with Crippen molar-refractivity contribution in [2.75, 3.05) is 10.6 Å². The molecule has 0 bridgehead atoms. The van der Waals surface area contributed by atoms with E-state index in [0.29, 0.717) is 39.1 Å². The van der Waals surface area contributed by atoms with E-state index in [1.54, 1.807) is 13.8 Å². The number of carbonyl (C=O) groups is 3. The van der Waals surface area contributed by atoms with Gasteiger partial charge in [0.1, 0.15) is 10.6 Å². The maximum Gasteiger partial charge on any atom is 0.338 e. The summed E-state index contributed by atoms with van der Waals surface area (Å²) in [5.74, 6) is -1.84. The molecule has 0 aliphatic heterocycles. The molecule has 0 atom stereocenters. The first-order valence-electron chi connectivity index (χ1n) is 12.0. The molecule has 0 saturated heterocycles. The Balaban J connectivity index is 1.72. The average Bonchev–Trinajstić information content (AvgIpc) is 3.24. The van der Waals surface area contributed by atoms with Gasteiger partial charge in [-0.2, -0.15) is 0 Å². The van der Waals surface area contributed by atoms with E-state index in [0.717, 1.165) is 22.2 Å². The predicted molar refractivity (Wildman–Crippen MR) is 153 cm³/mol. The Morgan fingerprint density at radius 3 is 2.23 bits per heavy atom. The van der Waals surface area contributed by atoms with Gasteiger partial charge in [-0.05, 0) is 62.7 Å². The third-order valence-electron chi connectivity index (χ3n) is 5.34. The minimum atomic E-state index is -0.708. The SMILES string of the molecule is CCCc1cc(=O)n2c(C(=O)Nc3ccc(C(=O)OC(C)C)cc3)c(C(=O)Nc3cc(Cl)cc(Cl)c3)sc2n1. The van der Waals surface area contributed by atoms with Crippen molar-refractivity contribution in [3.63, 3.8) is 0 Å². The van der Waals surface area contributed by atoms with Gasteiger partial charge in [-0.3, -0.25) is 14.4 Å². The number of ether oxygens (including phenoxy) is 1. The van der Waals surface area contributed by atoms with Crippen LogP contribution in [0.25, 0.3) is 4.96 Å². The molecule has 0 fully saturated rings. The highest BCUT2D eigenvalue weighted by Gasteiger charge is 2.27. The number of anilines is 2. The van der Waals surface area contributed by atoms with E-state index in [1.807, 2.05) is 6.92 Å². The fraction of sp³-hybridized carbons (Fsp3) is 0.222.